The molecule has 4 aromatic rings. The molecule has 0 aliphatic heterocycles. The van der Waals surface area contributed by atoms with E-state index in [9.17, 15) is 5.11 Å². The standard InChI is InChI=1S/C22H20N4O2/c1-14-4-2-13-24-22(14)25-19(16-6-9-17(26-28)10-7-16)18-11-8-15-5-3-12-23-20(15)21(18)27/h2-13,19,26-28H,1H3,(H,24,25). The molecule has 1 atom stereocenters. The number of aromatic nitrogens is 2. The second kappa shape index (κ2) is 7.54. The molecule has 2 heterocycles. The van der Waals surface area contributed by atoms with E-state index in [-0.39, 0.29) is 11.8 Å². The molecule has 0 saturated carbocycles. The summed E-state index contributed by atoms with van der Waals surface area (Å²) in [6.07, 6.45) is 3.39. The molecule has 6 heteroatoms. The van der Waals surface area contributed by atoms with E-state index in [2.05, 4.69) is 20.8 Å². The van der Waals surface area contributed by atoms with Gasteiger partial charge in [-0.3, -0.25) is 15.7 Å². The van der Waals surface area contributed by atoms with Crippen molar-refractivity contribution in [3.8, 4) is 5.75 Å². The summed E-state index contributed by atoms with van der Waals surface area (Å²) in [6.45, 7) is 1.98. The Morgan fingerprint density at radius 1 is 0.893 bits per heavy atom. The highest BCUT2D eigenvalue weighted by Crippen LogP contribution is 2.36. The second-order valence-electron chi connectivity index (χ2n) is 6.56. The minimum absolute atomic E-state index is 0.133. The number of nitrogens with one attached hydrogen (secondary N) is 2. The van der Waals surface area contributed by atoms with E-state index in [1.807, 2.05) is 55.5 Å². The van der Waals surface area contributed by atoms with Gasteiger partial charge in [0.15, 0.2) is 0 Å². The molecule has 0 amide bonds. The van der Waals surface area contributed by atoms with Gasteiger partial charge in [-0.1, -0.05) is 36.4 Å². The predicted molar refractivity (Wildman–Crippen MR) is 110 cm³/mol. The van der Waals surface area contributed by atoms with Crippen molar-refractivity contribution in [1.29, 1.82) is 0 Å². The number of phenols is 1. The monoisotopic (exact) mass is 372 g/mol. The third kappa shape index (κ3) is 3.33. The fourth-order valence-corrected chi connectivity index (χ4v) is 3.24. The molecule has 4 rings (SSSR count). The van der Waals surface area contributed by atoms with Crippen molar-refractivity contribution in [3.05, 3.63) is 89.7 Å². The average molecular weight is 372 g/mol. The molecule has 140 valence electrons. The summed E-state index contributed by atoms with van der Waals surface area (Å²) in [5.74, 6) is 0.867. The molecule has 1 unspecified atom stereocenters. The first-order valence-electron chi connectivity index (χ1n) is 8.92. The number of phenolic OH excluding ortho intramolecular Hbond substituents is 1. The molecular weight excluding hydrogens is 352 g/mol. The molecule has 4 N–H and O–H groups in total. The maximum absolute atomic E-state index is 11.0. The minimum Gasteiger partial charge on any atom is -0.505 e. The molecule has 6 nitrogen and oxygen atoms in total. The quantitative estimate of drug-likeness (QED) is 0.381. The number of pyridine rings is 2. The van der Waals surface area contributed by atoms with Crippen LogP contribution in [0.2, 0.25) is 0 Å². The topological polar surface area (TPSA) is 90.3 Å². The van der Waals surface area contributed by atoms with E-state index in [1.165, 1.54) is 0 Å². The van der Waals surface area contributed by atoms with Crippen LogP contribution in [0.4, 0.5) is 11.5 Å². The predicted octanol–water partition coefficient (Wildman–Crippen LogP) is 4.65. The summed E-state index contributed by atoms with van der Waals surface area (Å²) in [6, 6.07) is 18.4. The molecule has 0 aliphatic rings. The number of aryl methyl sites for hydroxylation is 1. The minimum atomic E-state index is -0.354. The van der Waals surface area contributed by atoms with Crippen LogP contribution in [-0.2, 0) is 0 Å². The number of anilines is 2. The van der Waals surface area contributed by atoms with Crippen LogP contribution in [0.25, 0.3) is 10.9 Å². The molecule has 0 saturated heterocycles. The fourth-order valence-electron chi connectivity index (χ4n) is 3.24. The number of fused-ring (bicyclic) bond motifs is 1. The molecule has 2 aromatic heterocycles. The van der Waals surface area contributed by atoms with Crippen molar-refractivity contribution in [2.45, 2.75) is 13.0 Å². The van der Waals surface area contributed by atoms with Crippen molar-refractivity contribution in [3.63, 3.8) is 0 Å². The lowest BCUT2D eigenvalue weighted by Gasteiger charge is -2.23. The molecule has 0 bridgehead atoms. The van der Waals surface area contributed by atoms with Crippen LogP contribution >= 0.6 is 0 Å². The first-order valence-corrected chi connectivity index (χ1v) is 8.92. The van der Waals surface area contributed by atoms with Gasteiger partial charge >= 0.3 is 0 Å². The van der Waals surface area contributed by atoms with Gasteiger partial charge in [0.2, 0.25) is 0 Å². The smallest absolute Gasteiger partial charge is 0.147 e. The summed E-state index contributed by atoms with van der Waals surface area (Å²) < 4.78 is 0. The molecule has 0 aliphatic carbocycles. The first kappa shape index (κ1) is 17.8. The van der Waals surface area contributed by atoms with E-state index in [4.69, 9.17) is 5.21 Å². The van der Waals surface area contributed by atoms with Crippen molar-refractivity contribution < 1.29 is 10.3 Å². The van der Waals surface area contributed by atoms with Gasteiger partial charge in [0.25, 0.3) is 0 Å². The van der Waals surface area contributed by atoms with Gasteiger partial charge in [0, 0.05) is 23.3 Å². The van der Waals surface area contributed by atoms with Crippen molar-refractivity contribution in [1.82, 2.24) is 9.97 Å². The SMILES string of the molecule is Cc1cccnc1NC(c1ccc(NO)cc1)c1ccc2cccnc2c1O. The normalized spacial score (nSPS) is 11.9. The lowest BCUT2D eigenvalue weighted by Crippen LogP contribution is -2.14. The number of aromatic hydroxyl groups is 1. The summed E-state index contributed by atoms with van der Waals surface area (Å²) in [5, 5.41) is 24.4. The largest absolute Gasteiger partial charge is 0.505 e. The number of hydrogen-bond acceptors (Lipinski definition) is 6. The maximum atomic E-state index is 11.0. The van der Waals surface area contributed by atoms with Gasteiger partial charge < -0.3 is 10.4 Å². The van der Waals surface area contributed by atoms with Crippen LogP contribution in [0.5, 0.6) is 5.75 Å². The van der Waals surface area contributed by atoms with Crippen molar-refractivity contribution in [2.75, 3.05) is 10.8 Å². The summed E-state index contributed by atoms with van der Waals surface area (Å²) in [4.78, 5) is 8.77. The lowest BCUT2D eigenvalue weighted by molar-refractivity contribution is 0.389. The summed E-state index contributed by atoms with van der Waals surface area (Å²) in [5.41, 5.74) is 5.88. The highest BCUT2D eigenvalue weighted by Gasteiger charge is 2.21. The Balaban J connectivity index is 1.84. The van der Waals surface area contributed by atoms with E-state index < -0.39 is 0 Å². The third-order valence-corrected chi connectivity index (χ3v) is 4.75. The number of rotatable bonds is 5. The number of nitrogens with zero attached hydrogens (tertiary/aromatic N) is 2. The zero-order chi connectivity index (χ0) is 19.5. The Kier molecular flexibility index (Phi) is 4.78. The zero-order valence-corrected chi connectivity index (χ0v) is 15.3. The highest BCUT2D eigenvalue weighted by molar-refractivity contribution is 5.86. The molecule has 0 radical (unpaired) electrons. The lowest BCUT2D eigenvalue weighted by atomic mass is 9.96. The third-order valence-electron chi connectivity index (χ3n) is 4.75. The van der Waals surface area contributed by atoms with Crippen molar-refractivity contribution >= 4 is 22.4 Å². The van der Waals surface area contributed by atoms with Crippen LogP contribution in [0.15, 0.2) is 73.1 Å². The van der Waals surface area contributed by atoms with Crippen LogP contribution in [0.3, 0.4) is 0 Å². The molecule has 2 aromatic carbocycles. The highest BCUT2D eigenvalue weighted by atomic mass is 16.5. The Bertz CT molecular complexity index is 1110. The van der Waals surface area contributed by atoms with Gasteiger partial charge in [-0.2, -0.15) is 0 Å². The number of hydrogen-bond donors (Lipinski definition) is 4. The van der Waals surface area contributed by atoms with E-state index in [0.29, 0.717) is 16.8 Å². The van der Waals surface area contributed by atoms with E-state index >= 15 is 0 Å². The van der Waals surface area contributed by atoms with E-state index in [1.54, 1.807) is 24.5 Å². The van der Waals surface area contributed by atoms with E-state index in [0.717, 1.165) is 22.3 Å². The molecular formula is C22H20N4O2. The first-order chi connectivity index (χ1) is 13.7. The summed E-state index contributed by atoms with van der Waals surface area (Å²) in [7, 11) is 0. The summed E-state index contributed by atoms with van der Waals surface area (Å²) >= 11 is 0. The molecule has 28 heavy (non-hydrogen) atoms. The second-order valence-corrected chi connectivity index (χ2v) is 6.56. The maximum Gasteiger partial charge on any atom is 0.147 e. The van der Waals surface area contributed by atoms with Crippen molar-refractivity contribution in [2.24, 2.45) is 0 Å². The Hall–Kier alpha value is -3.64. The average Bonchev–Trinajstić information content (AvgIpc) is 2.74. The fraction of sp³-hybridized carbons (Fsp3) is 0.0909. The van der Waals surface area contributed by atoms with Gasteiger partial charge in [-0.15, -0.1) is 0 Å². The Morgan fingerprint density at radius 3 is 2.39 bits per heavy atom. The van der Waals surface area contributed by atoms with Crippen LogP contribution in [0.1, 0.15) is 22.7 Å². The Morgan fingerprint density at radius 2 is 1.64 bits per heavy atom. The number of benzene rings is 2. The van der Waals surface area contributed by atoms with Gasteiger partial charge in [-0.05, 0) is 42.3 Å². The van der Waals surface area contributed by atoms with Gasteiger partial charge in [0.1, 0.15) is 17.1 Å². The van der Waals surface area contributed by atoms with Crippen LogP contribution in [0, 0.1) is 6.92 Å². The van der Waals surface area contributed by atoms with Gasteiger partial charge in [-0.25, -0.2) is 4.98 Å². The van der Waals surface area contributed by atoms with Gasteiger partial charge in [0.05, 0.1) is 11.7 Å². The van der Waals surface area contributed by atoms with Crippen LogP contribution < -0.4 is 10.8 Å². The molecule has 0 fully saturated rings. The zero-order valence-electron chi connectivity index (χ0n) is 15.3. The molecule has 0 spiro atoms. The van der Waals surface area contributed by atoms with Crippen LogP contribution in [-0.4, -0.2) is 20.3 Å². The Labute approximate surface area is 162 Å².